The summed E-state index contributed by atoms with van der Waals surface area (Å²) < 4.78 is 0. The fourth-order valence-electron chi connectivity index (χ4n) is 3.74. The molecule has 0 radical (unpaired) electrons. The van der Waals surface area contributed by atoms with Crippen molar-refractivity contribution >= 4 is 6.08 Å². The second-order valence-corrected chi connectivity index (χ2v) is 6.88. The summed E-state index contributed by atoms with van der Waals surface area (Å²) in [6, 6.07) is 20.9. The monoisotopic (exact) mass is 321 g/mol. The predicted molar refractivity (Wildman–Crippen MR) is 101 cm³/mol. The smallest absolute Gasteiger partial charge is 0.0948 e. The molecule has 1 saturated heterocycles. The molecule has 24 heavy (non-hydrogen) atoms. The maximum absolute atomic E-state index is 11.3. The average Bonchev–Trinajstić information content (AvgIpc) is 2.63. The average molecular weight is 321 g/mol. The van der Waals surface area contributed by atoms with E-state index in [1.54, 1.807) is 0 Å². The number of hydrogen-bond donors (Lipinski definition) is 1. The maximum Gasteiger partial charge on any atom is 0.0948 e. The molecular formula is C22H27NO. The Morgan fingerprint density at radius 2 is 1.67 bits per heavy atom. The van der Waals surface area contributed by atoms with Gasteiger partial charge in [-0.25, -0.2) is 0 Å². The van der Waals surface area contributed by atoms with E-state index in [-0.39, 0.29) is 5.92 Å². The molecule has 2 aromatic rings. The van der Waals surface area contributed by atoms with Gasteiger partial charge in [-0.2, -0.15) is 0 Å². The van der Waals surface area contributed by atoms with Crippen LogP contribution >= 0.6 is 0 Å². The van der Waals surface area contributed by atoms with Gasteiger partial charge in [-0.15, -0.1) is 0 Å². The molecule has 1 heterocycles. The first-order chi connectivity index (χ1) is 11.6. The van der Waals surface area contributed by atoms with E-state index in [0.717, 1.165) is 25.1 Å². The number of likely N-dealkylation sites (tertiary alicyclic amines) is 1. The Hall–Kier alpha value is -1.90. The molecule has 3 atom stereocenters. The number of piperidine rings is 1. The first-order valence-electron chi connectivity index (χ1n) is 8.85. The topological polar surface area (TPSA) is 23.5 Å². The summed E-state index contributed by atoms with van der Waals surface area (Å²) >= 11 is 0. The molecule has 0 aliphatic carbocycles. The zero-order valence-electron chi connectivity index (χ0n) is 14.6. The zero-order valence-corrected chi connectivity index (χ0v) is 14.6. The zero-order chi connectivity index (χ0) is 17.0. The first-order valence-corrected chi connectivity index (χ1v) is 8.85. The van der Waals surface area contributed by atoms with E-state index in [0.29, 0.717) is 6.04 Å². The molecule has 0 aromatic heterocycles. The van der Waals surface area contributed by atoms with Gasteiger partial charge in [-0.3, -0.25) is 4.90 Å². The predicted octanol–water partition coefficient (Wildman–Crippen LogP) is 4.32. The van der Waals surface area contributed by atoms with Crippen LogP contribution in [-0.2, 0) is 5.60 Å². The fourth-order valence-corrected chi connectivity index (χ4v) is 3.74. The van der Waals surface area contributed by atoms with Gasteiger partial charge in [-0.1, -0.05) is 79.7 Å². The Balaban J connectivity index is 1.67. The molecule has 0 amide bonds. The van der Waals surface area contributed by atoms with Crippen molar-refractivity contribution in [3.05, 3.63) is 77.9 Å². The van der Waals surface area contributed by atoms with E-state index in [1.165, 1.54) is 5.56 Å². The molecule has 126 valence electrons. The van der Waals surface area contributed by atoms with Crippen molar-refractivity contribution in [2.75, 3.05) is 13.1 Å². The van der Waals surface area contributed by atoms with Crippen molar-refractivity contribution in [1.29, 1.82) is 0 Å². The van der Waals surface area contributed by atoms with Crippen molar-refractivity contribution in [3.63, 3.8) is 0 Å². The summed E-state index contributed by atoms with van der Waals surface area (Å²) in [5.41, 5.74) is 1.56. The summed E-state index contributed by atoms with van der Waals surface area (Å²) in [6.45, 7) is 6.24. The molecule has 3 unspecified atom stereocenters. The third kappa shape index (κ3) is 3.45. The van der Waals surface area contributed by atoms with E-state index in [9.17, 15) is 5.11 Å². The van der Waals surface area contributed by atoms with Gasteiger partial charge in [0.2, 0.25) is 0 Å². The summed E-state index contributed by atoms with van der Waals surface area (Å²) in [6.07, 6.45) is 5.18. The molecule has 1 aliphatic rings. The summed E-state index contributed by atoms with van der Waals surface area (Å²) in [5.74, 6) is 0.193. The molecule has 0 bridgehead atoms. The van der Waals surface area contributed by atoms with E-state index in [4.69, 9.17) is 0 Å². The van der Waals surface area contributed by atoms with Crippen molar-refractivity contribution in [1.82, 2.24) is 4.90 Å². The van der Waals surface area contributed by atoms with E-state index in [1.807, 2.05) is 36.4 Å². The number of aliphatic hydroxyl groups is 1. The highest BCUT2D eigenvalue weighted by molar-refractivity contribution is 5.48. The standard InChI is InChI=1S/C22H27NO/c1-18-19(2)23(16-9-12-20-10-5-3-6-11-20)17-15-22(18,24)21-13-7-4-8-14-21/h3-14,18-19,24H,15-17H2,1-2H3/b12-9+. The largest absolute Gasteiger partial charge is 0.385 e. The molecule has 3 rings (SSSR count). The Bertz CT molecular complexity index is 667. The number of rotatable bonds is 4. The first kappa shape index (κ1) is 16.9. The van der Waals surface area contributed by atoms with Gasteiger partial charge in [-0.05, 0) is 24.5 Å². The second kappa shape index (κ2) is 7.33. The highest BCUT2D eigenvalue weighted by atomic mass is 16.3. The van der Waals surface area contributed by atoms with Crippen LogP contribution in [0, 0.1) is 5.92 Å². The molecule has 1 fully saturated rings. The third-order valence-corrected chi connectivity index (χ3v) is 5.56. The van der Waals surface area contributed by atoms with Gasteiger partial charge in [0.15, 0.2) is 0 Å². The quantitative estimate of drug-likeness (QED) is 0.906. The van der Waals surface area contributed by atoms with Gasteiger partial charge in [0.05, 0.1) is 5.60 Å². The van der Waals surface area contributed by atoms with Gasteiger partial charge in [0, 0.05) is 25.0 Å². The number of hydrogen-bond acceptors (Lipinski definition) is 2. The van der Waals surface area contributed by atoms with Gasteiger partial charge < -0.3 is 5.11 Å². The van der Waals surface area contributed by atoms with E-state index >= 15 is 0 Å². The lowest BCUT2D eigenvalue weighted by Gasteiger charge is -2.48. The minimum absolute atomic E-state index is 0.193. The highest BCUT2D eigenvalue weighted by Crippen LogP contribution is 2.40. The van der Waals surface area contributed by atoms with E-state index < -0.39 is 5.60 Å². The third-order valence-electron chi connectivity index (χ3n) is 5.56. The summed E-state index contributed by atoms with van der Waals surface area (Å²) in [4.78, 5) is 2.46. The van der Waals surface area contributed by atoms with Crippen LogP contribution in [0.3, 0.4) is 0 Å². The Morgan fingerprint density at radius 1 is 1.04 bits per heavy atom. The van der Waals surface area contributed by atoms with Gasteiger partial charge in [0.25, 0.3) is 0 Å². The minimum Gasteiger partial charge on any atom is -0.385 e. The number of benzene rings is 2. The van der Waals surface area contributed by atoms with Crippen LogP contribution in [0.2, 0.25) is 0 Å². The van der Waals surface area contributed by atoms with Crippen LogP contribution in [0.1, 0.15) is 31.4 Å². The van der Waals surface area contributed by atoms with Gasteiger partial charge >= 0.3 is 0 Å². The lowest BCUT2D eigenvalue weighted by molar-refractivity contribution is -0.0929. The fraction of sp³-hybridized carbons (Fsp3) is 0.364. The second-order valence-electron chi connectivity index (χ2n) is 6.88. The van der Waals surface area contributed by atoms with Crippen molar-refractivity contribution in [2.24, 2.45) is 5.92 Å². The van der Waals surface area contributed by atoms with Crippen molar-refractivity contribution in [2.45, 2.75) is 31.9 Å². The lowest BCUT2D eigenvalue weighted by atomic mass is 9.73. The minimum atomic E-state index is -0.722. The van der Waals surface area contributed by atoms with Crippen LogP contribution in [0.25, 0.3) is 6.08 Å². The molecular weight excluding hydrogens is 294 g/mol. The summed E-state index contributed by atoms with van der Waals surface area (Å²) in [5, 5.41) is 11.3. The van der Waals surface area contributed by atoms with Gasteiger partial charge in [0.1, 0.15) is 0 Å². The Kier molecular flexibility index (Phi) is 5.17. The van der Waals surface area contributed by atoms with Crippen molar-refractivity contribution in [3.8, 4) is 0 Å². The Labute approximate surface area is 145 Å². The highest BCUT2D eigenvalue weighted by Gasteiger charge is 2.43. The van der Waals surface area contributed by atoms with Crippen LogP contribution in [0.15, 0.2) is 66.7 Å². The van der Waals surface area contributed by atoms with Crippen LogP contribution in [0.5, 0.6) is 0 Å². The number of nitrogens with zero attached hydrogens (tertiary/aromatic N) is 1. The maximum atomic E-state index is 11.3. The molecule has 2 heteroatoms. The van der Waals surface area contributed by atoms with E-state index in [2.05, 4.69) is 55.2 Å². The van der Waals surface area contributed by atoms with Crippen LogP contribution in [0.4, 0.5) is 0 Å². The molecule has 0 saturated carbocycles. The Morgan fingerprint density at radius 3 is 2.33 bits per heavy atom. The summed E-state index contributed by atoms with van der Waals surface area (Å²) in [7, 11) is 0. The normalized spacial score (nSPS) is 28.3. The molecule has 1 aliphatic heterocycles. The van der Waals surface area contributed by atoms with Crippen LogP contribution < -0.4 is 0 Å². The molecule has 2 nitrogen and oxygen atoms in total. The molecule has 2 aromatic carbocycles. The lowest BCUT2D eigenvalue weighted by Crippen LogP contribution is -2.54. The molecule has 0 spiro atoms. The van der Waals surface area contributed by atoms with Crippen molar-refractivity contribution < 1.29 is 5.11 Å². The SMILES string of the molecule is CC1C(C)C(O)(c2ccccc2)CCN1C/C=C/c1ccccc1. The molecule has 1 N–H and O–H groups in total. The van der Waals surface area contributed by atoms with Crippen LogP contribution in [-0.4, -0.2) is 29.1 Å².